The van der Waals surface area contributed by atoms with Crippen molar-refractivity contribution >= 4 is 55.5 Å². The highest BCUT2D eigenvalue weighted by Gasteiger charge is 2.28. The van der Waals surface area contributed by atoms with Gasteiger partial charge < -0.3 is 10.1 Å². The van der Waals surface area contributed by atoms with Crippen molar-refractivity contribution in [3.05, 3.63) is 99.3 Å². The summed E-state index contributed by atoms with van der Waals surface area (Å²) in [6, 6.07) is 8.36. The van der Waals surface area contributed by atoms with Crippen molar-refractivity contribution in [1.82, 2.24) is 15.2 Å². The van der Waals surface area contributed by atoms with Crippen LogP contribution in [0, 0.1) is 23.3 Å². The molecule has 2 N–H and O–H groups in total. The minimum absolute atomic E-state index is 0.0169. The number of nitrogens with one attached hydrogen (secondary N) is 2. The number of methoxy groups -OCH3 is 1. The van der Waals surface area contributed by atoms with Gasteiger partial charge in [-0.05, 0) is 36.4 Å². The lowest BCUT2D eigenvalue weighted by molar-refractivity contribution is 0.102. The number of ether oxygens (including phenoxy) is 1. The van der Waals surface area contributed by atoms with E-state index in [0.29, 0.717) is 0 Å². The molecule has 216 valence electrons. The summed E-state index contributed by atoms with van der Waals surface area (Å²) in [5.74, 6) is -6.45. The maximum atomic E-state index is 15.7. The molecule has 2 aromatic heterocycles. The van der Waals surface area contributed by atoms with Gasteiger partial charge in [-0.15, -0.1) is 0 Å². The van der Waals surface area contributed by atoms with Crippen LogP contribution in [-0.2, 0) is 15.6 Å². The van der Waals surface area contributed by atoms with E-state index in [1.807, 2.05) is 0 Å². The molecule has 2 heterocycles. The first-order valence-electron chi connectivity index (χ1n) is 11.7. The summed E-state index contributed by atoms with van der Waals surface area (Å²) in [7, 11) is -3.13. The highest BCUT2D eigenvalue weighted by molar-refractivity contribution is 7.90. The Morgan fingerprint density at radius 3 is 2.48 bits per heavy atom. The van der Waals surface area contributed by atoms with Gasteiger partial charge in [-0.25, -0.2) is 31.0 Å². The topological polar surface area (TPSA) is 114 Å². The van der Waals surface area contributed by atoms with Crippen molar-refractivity contribution in [1.29, 1.82) is 0 Å². The van der Waals surface area contributed by atoms with E-state index >= 15 is 8.78 Å². The molecular weight excluding hydrogens is 623 g/mol. The number of hydrogen-bond acceptors (Lipinski definition) is 6. The predicted octanol–water partition coefficient (Wildman–Crippen LogP) is 6.72. The van der Waals surface area contributed by atoms with Gasteiger partial charge in [0, 0.05) is 33.4 Å². The van der Waals surface area contributed by atoms with E-state index in [4.69, 9.17) is 27.9 Å². The molecule has 1 amide bonds. The molecule has 5 rings (SSSR count). The number of benzene rings is 3. The van der Waals surface area contributed by atoms with E-state index in [-0.39, 0.29) is 32.7 Å². The normalized spacial score (nSPS) is 11.6. The summed E-state index contributed by atoms with van der Waals surface area (Å²) < 4.78 is 91.0. The molecule has 0 bridgehead atoms. The van der Waals surface area contributed by atoms with Gasteiger partial charge in [0.2, 0.25) is 5.88 Å². The van der Waals surface area contributed by atoms with E-state index in [1.54, 1.807) is 0 Å². The lowest BCUT2D eigenvalue weighted by Crippen LogP contribution is -2.13. The van der Waals surface area contributed by atoms with Gasteiger partial charge in [-0.2, -0.15) is 5.10 Å². The van der Waals surface area contributed by atoms with Gasteiger partial charge in [0.25, 0.3) is 5.91 Å². The molecule has 0 saturated carbocycles. The minimum atomic E-state index is -4.32. The number of halogens is 6. The van der Waals surface area contributed by atoms with E-state index < -0.39 is 71.9 Å². The monoisotopic (exact) mass is 638 g/mol. The third kappa shape index (κ3) is 5.50. The van der Waals surface area contributed by atoms with Crippen LogP contribution < -0.4 is 10.1 Å². The summed E-state index contributed by atoms with van der Waals surface area (Å²) in [6.45, 7) is 0. The predicted molar refractivity (Wildman–Crippen MR) is 147 cm³/mol. The van der Waals surface area contributed by atoms with Crippen molar-refractivity contribution in [2.24, 2.45) is 0 Å². The van der Waals surface area contributed by atoms with Crippen molar-refractivity contribution in [2.75, 3.05) is 12.4 Å². The third-order valence-electron chi connectivity index (χ3n) is 6.11. The average molecular weight is 639 g/mol. The maximum Gasteiger partial charge on any atom is 0.274 e. The van der Waals surface area contributed by atoms with Crippen molar-refractivity contribution in [3.63, 3.8) is 0 Å². The number of rotatable bonds is 7. The number of hydrogen-bond donors (Lipinski definition) is 2. The number of H-pyrrole nitrogens is 1. The number of aromatic nitrogens is 3. The molecule has 0 unspecified atom stereocenters. The quantitative estimate of drug-likeness (QED) is 0.191. The molecule has 42 heavy (non-hydrogen) atoms. The van der Waals surface area contributed by atoms with E-state index in [2.05, 4.69) is 20.5 Å². The largest absolute Gasteiger partial charge is 0.480 e. The number of sulfone groups is 1. The number of anilines is 1. The number of pyridine rings is 1. The summed E-state index contributed by atoms with van der Waals surface area (Å²) in [5, 5.41) is 8.50. The molecule has 0 spiro atoms. The van der Waals surface area contributed by atoms with E-state index in [1.165, 1.54) is 19.2 Å². The standard InChI is InChI=1S/C27H16Cl2F4N4O4S/c1-41-27-20(8-14(29)10-34-27)42(39,40)11-12-2-5-19(31)21(22(12)32)17-3-4-18-24(23(17)33)36-37-25(18)26(38)35-16-7-13(28)6-15(30)9-16/h2-10H,11H2,1H3,(H,35,38)(H,36,37). The van der Waals surface area contributed by atoms with Crippen molar-refractivity contribution in [2.45, 2.75) is 10.6 Å². The highest BCUT2D eigenvalue weighted by Crippen LogP contribution is 2.36. The van der Waals surface area contributed by atoms with Gasteiger partial charge >= 0.3 is 0 Å². The fourth-order valence-electron chi connectivity index (χ4n) is 4.25. The zero-order chi connectivity index (χ0) is 30.3. The molecule has 3 aromatic carbocycles. The van der Waals surface area contributed by atoms with Crippen LogP contribution in [0.5, 0.6) is 5.88 Å². The van der Waals surface area contributed by atoms with Gasteiger partial charge in [0.1, 0.15) is 33.6 Å². The smallest absolute Gasteiger partial charge is 0.274 e. The molecular formula is C27H16Cl2F4N4O4S. The molecule has 15 heteroatoms. The maximum absolute atomic E-state index is 15.7. The van der Waals surface area contributed by atoms with Gasteiger partial charge in [0.05, 0.1) is 23.4 Å². The summed E-state index contributed by atoms with van der Waals surface area (Å²) >= 11 is 11.7. The Morgan fingerprint density at radius 1 is 1.00 bits per heavy atom. The van der Waals surface area contributed by atoms with Crippen LogP contribution in [0.15, 0.2) is 59.6 Å². The summed E-state index contributed by atoms with van der Waals surface area (Å²) in [6.07, 6.45) is 1.16. The van der Waals surface area contributed by atoms with Crippen LogP contribution in [0.4, 0.5) is 23.2 Å². The number of fused-ring (bicyclic) bond motifs is 1. The molecule has 8 nitrogen and oxygen atoms in total. The molecule has 0 atom stereocenters. The SMILES string of the molecule is COc1ncc(Cl)cc1S(=O)(=O)Cc1ccc(F)c(-c2ccc3c(C(=O)Nc4cc(F)cc(Cl)c4)[nH]nc3c2F)c1F. The Kier molecular flexibility index (Phi) is 7.84. The average Bonchev–Trinajstić information content (AvgIpc) is 3.36. The van der Waals surface area contributed by atoms with Crippen LogP contribution in [-0.4, -0.2) is 36.6 Å². The van der Waals surface area contributed by atoms with Crippen LogP contribution in [0.2, 0.25) is 10.0 Å². The Hall–Kier alpha value is -4.20. The second kappa shape index (κ2) is 11.2. The first-order chi connectivity index (χ1) is 19.9. The van der Waals surface area contributed by atoms with Gasteiger partial charge in [0.15, 0.2) is 15.7 Å². The lowest BCUT2D eigenvalue weighted by Gasteiger charge is -2.13. The molecule has 5 aromatic rings. The van der Waals surface area contributed by atoms with E-state index in [0.717, 1.165) is 42.6 Å². The van der Waals surface area contributed by atoms with Crippen molar-refractivity contribution < 1.29 is 35.5 Å². The van der Waals surface area contributed by atoms with E-state index in [9.17, 15) is 22.0 Å². The van der Waals surface area contributed by atoms with Crippen LogP contribution >= 0.6 is 23.2 Å². The Bertz CT molecular complexity index is 1980. The Balaban J connectivity index is 1.52. The van der Waals surface area contributed by atoms with Gasteiger partial charge in [-0.3, -0.25) is 9.89 Å². The van der Waals surface area contributed by atoms with Crippen molar-refractivity contribution in [3.8, 4) is 17.0 Å². The fraction of sp³-hybridized carbons (Fsp3) is 0.0741. The summed E-state index contributed by atoms with van der Waals surface area (Å²) in [5.41, 5.74) is -2.52. The second-order valence-corrected chi connectivity index (χ2v) is 11.7. The Labute approximate surface area is 245 Å². The Morgan fingerprint density at radius 2 is 1.76 bits per heavy atom. The first kappa shape index (κ1) is 29.3. The van der Waals surface area contributed by atoms with Crippen LogP contribution in [0.25, 0.3) is 22.0 Å². The van der Waals surface area contributed by atoms with Gasteiger partial charge in [-0.1, -0.05) is 35.3 Å². The molecule has 0 saturated heterocycles. The molecule has 0 radical (unpaired) electrons. The second-order valence-electron chi connectivity index (χ2n) is 8.85. The minimum Gasteiger partial charge on any atom is -0.480 e. The lowest BCUT2D eigenvalue weighted by atomic mass is 9.99. The number of amides is 1. The summed E-state index contributed by atoms with van der Waals surface area (Å²) in [4.78, 5) is 16.2. The molecule has 0 fully saturated rings. The first-order valence-corrected chi connectivity index (χ1v) is 14.1. The molecule has 0 aliphatic heterocycles. The zero-order valence-electron chi connectivity index (χ0n) is 21.1. The van der Waals surface area contributed by atoms with Crippen LogP contribution in [0.1, 0.15) is 16.1 Å². The van der Waals surface area contributed by atoms with Crippen LogP contribution in [0.3, 0.4) is 0 Å². The number of carbonyl (C=O) groups is 1. The number of nitrogens with zero attached hydrogens (tertiary/aromatic N) is 2. The fourth-order valence-corrected chi connectivity index (χ4v) is 6.20. The number of aromatic amines is 1. The third-order valence-corrected chi connectivity index (χ3v) is 8.19. The highest BCUT2D eigenvalue weighted by atomic mass is 35.5. The zero-order valence-corrected chi connectivity index (χ0v) is 23.4. The molecule has 0 aliphatic carbocycles. The molecule has 0 aliphatic rings. The number of carbonyl (C=O) groups excluding carboxylic acids is 1.